The van der Waals surface area contributed by atoms with E-state index in [2.05, 4.69) is 0 Å². The van der Waals surface area contributed by atoms with Crippen LogP contribution in [0.25, 0.3) is 0 Å². The van der Waals surface area contributed by atoms with Crippen molar-refractivity contribution in [1.82, 2.24) is 0 Å². The summed E-state index contributed by atoms with van der Waals surface area (Å²) in [4.78, 5) is 0. The normalized spacial score (nSPS) is 9.83. The van der Waals surface area contributed by atoms with E-state index in [-0.39, 0.29) is 30.4 Å². The van der Waals surface area contributed by atoms with Crippen molar-refractivity contribution in [2.75, 3.05) is 0 Å². The molecule has 0 saturated carbocycles. The fraction of sp³-hybridized carbons (Fsp3) is 1.00. The van der Waals surface area contributed by atoms with Crippen LogP contribution in [0.4, 0.5) is 0 Å². The summed E-state index contributed by atoms with van der Waals surface area (Å²) in [6.07, 6.45) is 0. The molecule has 1 nitrogen and oxygen atoms in total. The van der Waals surface area contributed by atoms with E-state index in [0.29, 0.717) is 0 Å². The van der Waals surface area contributed by atoms with Crippen molar-refractivity contribution in [3.63, 3.8) is 0 Å². The topological polar surface area (TPSA) is 20.2 Å². The van der Waals surface area contributed by atoms with Gasteiger partial charge >= 0.3 is 23.1 Å². The molecule has 0 aliphatic carbocycles. The molecule has 0 unspecified atom stereocenters. The molecule has 0 bridgehead atoms. The van der Waals surface area contributed by atoms with E-state index in [1.54, 1.807) is 13.8 Å². The first-order valence-electron chi connectivity index (χ1n) is 1.72. The van der Waals surface area contributed by atoms with Gasteiger partial charge in [0.1, 0.15) is 0 Å². The van der Waals surface area contributed by atoms with Gasteiger partial charge in [-0.25, -0.2) is 0 Å². The first kappa shape index (κ1) is 10.3. The van der Waals surface area contributed by atoms with Crippen molar-refractivity contribution in [2.45, 2.75) is 18.3 Å². The Morgan fingerprint density at radius 3 is 1.67 bits per heavy atom. The Bertz CT molecular complexity index is 32.8. The van der Waals surface area contributed by atoms with Crippen molar-refractivity contribution in [2.24, 2.45) is 0 Å². The second kappa shape index (κ2) is 3.28. The van der Waals surface area contributed by atoms with E-state index in [0.717, 1.165) is 16.3 Å². The van der Waals surface area contributed by atoms with Gasteiger partial charge in [-0.05, 0) is 4.46 Å². The molecule has 0 radical (unpaired) electrons. The summed E-state index contributed by atoms with van der Waals surface area (Å²) in [6, 6.07) is 0. The Balaban J connectivity index is -0.0000000267. The number of hydrogen-bond acceptors (Lipinski definition) is 1. The van der Waals surface area contributed by atoms with Crippen LogP contribution in [0.15, 0.2) is 0 Å². The average molecular weight is 114 g/mol. The van der Waals surface area contributed by atoms with Gasteiger partial charge in [0.25, 0.3) is 16.3 Å². The molecule has 0 atom stereocenters. The van der Waals surface area contributed by atoms with Crippen molar-refractivity contribution >= 4 is 39.3 Å². The van der Waals surface area contributed by atoms with Crippen LogP contribution in [0, 0.1) is 0 Å². The molecule has 0 heterocycles. The summed E-state index contributed by atoms with van der Waals surface area (Å²) >= 11 is 0.863. The van der Waals surface area contributed by atoms with Gasteiger partial charge in [0.05, 0.1) is 0 Å². The fourth-order valence-electron chi connectivity index (χ4n) is 0. The van der Waals surface area contributed by atoms with E-state index in [4.69, 9.17) is 5.11 Å². The van der Waals surface area contributed by atoms with Gasteiger partial charge in [0.2, 0.25) is 0 Å². The molecule has 0 aliphatic heterocycles. The van der Waals surface area contributed by atoms with Crippen molar-refractivity contribution in [3.8, 4) is 0 Å². The third kappa shape index (κ3) is 60.2. The van der Waals surface area contributed by atoms with E-state index in [9.17, 15) is 0 Å². The van der Waals surface area contributed by atoms with Gasteiger partial charge < -0.3 is 7.96 Å². The second-order valence-electron chi connectivity index (χ2n) is 2.17. The molecule has 0 aliphatic rings. The van der Waals surface area contributed by atoms with Crippen LogP contribution in [0.2, 0.25) is 0 Å². The predicted molar refractivity (Wildman–Crippen MR) is 32.8 cm³/mol. The Kier molecular flexibility index (Phi) is 5.63. The molecule has 0 rings (SSSR count). The SMILES string of the molecule is C[C](C)(O)[AlH2].[H-].[H-].[Mg+2]. The Morgan fingerprint density at radius 1 is 1.67 bits per heavy atom. The minimum absolute atomic E-state index is 0. The maximum atomic E-state index is 8.58. The van der Waals surface area contributed by atoms with Gasteiger partial charge in [-0.1, -0.05) is 13.8 Å². The molecule has 0 aromatic heterocycles. The summed E-state index contributed by atoms with van der Waals surface area (Å²) in [5, 5.41) is 8.58. The second-order valence-corrected chi connectivity index (χ2v) is 4.62. The number of hydrogen-bond donors (Lipinski definition) is 1. The summed E-state index contributed by atoms with van der Waals surface area (Å²) < 4.78 is -0.361. The van der Waals surface area contributed by atoms with Crippen LogP contribution >= 0.6 is 0 Å². The quantitative estimate of drug-likeness (QED) is 0.409. The van der Waals surface area contributed by atoms with Crippen LogP contribution in [0.5, 0.6) is 0 Å². The molecule has 1 N–H and O–H groups in total. The first-order valence-corrected chi connectivity index (χ1v) is 2.72. The van der Waals surface area contributed by atoms with Gasteiger partial charge in [-0.3, -0.25) is 0 Å². The average Bonchev–Trinajstić information content (AvgIpc) is 0.722. The maximum absolute atomic E-state index is 8.58. The molecular formula is C3H11AlMgO. The zero-order valence-electron chi connectivity index (χ0n) is 6.65. The van der Waals surface area contributed by atoms with Crippen LogP contribution in [0.3, 0.4) is 0 Å². The van der Waals surface area contributed by atoms with Crippen molar-refractivity contribution < 1.29 is 7.96 Å². The van der Waals surface area contributed by atoms with E-state index in [1.165, 1.54) is 0 Å². The summed E-state index contributed by atoms with van der Waals surface area (Å²) in [5.74, 6) is 0. The number of aliphatic hydroxyl groups is 1. The van der Waals surface area contributed by atoms with Crippen molar-refractivity contribution in [3.05, 3.63) is 0 Å². The Morgan fingerprint density at radius 2 is 1.67 bits per heavy atom. The third-order valence-corrected chi connectivity index (χ3v) is 0. The molecule has 6 heavy (non-hydrogen) atoms. The van der Waals surface area contributed by atoms with E-state index >= 15 is 0 Å². The number of rotatable bonds is 0. The molecule has 3 heteroatoms. The smallest absolute Gasteiger partial charge is 1.00 e. The fourth-order valence-corrected chi connectivity index (χ4v) is 0. The zero-order chi connectivity index (χ0) is 4.50. The minimum Gasteiger partial charge on any atom is -1.00 e. The molecule has 0 spiro atoms. The first-order chi connectivity index (χ1) is 2.00. The van der Waals surface area contributed by atoms with Crippen molar-refractivity contribution in [1.29, 1.82) is 0 Å². The van der Waals surface area contributed by atoms with Gasteiger partial charge in [0, 0.05) is 0 Å². The van der Waals surface area contributed by atoms with Crippen LogP contribution in [-0.2, 0) is 0 Å². The minimum atomic E-state index is -0.361. The van der Waals surface area contributed by atoms with Crippen LogP contribution in [0.1, 0.15) is 16.7 Å². The molecule has 0 saturated heterocycles. The van der Waals surface area contributed by atoms with Crippen LogP contribution < -0.4 is 0 Å². The molecule has 0 aromatic carbocycles. The Hall–Kier alpha value is 1.26. The van der Waals surface area contributed by atoms with E-state index < -0.39 is 0 Å². The predicted octanol–water partition coefficient (Wildman–Crippen LogP) is -0.808. The maximum Gasteiger partial charge on any atom is 2.00 e. The summed E-state index contributed by atoms with van der Waals surface area (Å²) in [6.45, 7) is 3.61. The van der Waals surface area contributed by atoms with Gasteiger partial charge in [-0.15, -0.1) is 0 Å². The van der Waals surface area contributed by atoms with Crippen LogP contribution in [-0.4, -0.2) is 48.9 Å². The summed E-state index contributed by atoms with van der Waals surface area (Å²) in [7, 11) is 0. The zero-order valence-corrected chi connectivity index (χ0v) is 8.07. The third-order valence-electron chi connectivity index (χ3n) is 0. The van der Waals surface area contributed by atoms with Gasteiger partial charge in [-0.2, -0.15) is 0 Å². The molecule has 0 fully saturated rings. The largest absolute Gasteiger partial charge is 2.00 e. The van der Waals surface area contributed by atoms with E-state index in [1.807, 2.05) is 0 Å². The Labute approximate surface area is 65.7 Å². The standard InChI is InChI=1S/C3H7O.Al.Mg.4H/c1-3(2)4;;;;;;/h4H,1-2H3;;;;;;/q;;+2;;;2*-1. The molecule has 0 aromatic rings. The molecular weight excluding hydrogens is 103 g/mol. The summed E-state index contributed by atoms with van der Waals surface area (Å²) in [5.41, 5.74) is 0. The monoisotopic (exact) mass is 114 g/mol. The molecule has 0 amide bonds. The van der Waals surface area contributed by atoms with Gasteiger partial charge in [0.15, 0.2) is 0 Å². The molecule has 34 valence electrons.